The molecule has 1 aromatic heterocycles. The van der Waals surface area contributed by atoms with Crippen molar-refractivity contribution in [3.05, 3.63) is 47.5 Å². The number of aromatic nitrogens is 3. The molecule has 2 aromatic rings. The molecule has 28 heavy (non-hydrogen) atoms. The third-order valence-electron chi connectivity index (χ3n) is 4.23. The summed E-state index contributed by atoms with van der Waals surface area (Å²) in [5.74, 6) is 0.870. The smallest absolute Gasteiger partial charge is 0.226 e. The molecule has 0 saturated carbocycles. The first-order chi connectivity index (χ1) is 13.2. The van der Waals surface area contributed by atoms with Crippen LogP contribution in [0.5, 0.6) is 0 Å². The first-order valence-electron chi connectivity index (χ1n) is 9.33. The SMILES string of the molecule is CC(C)C[C@H](CO)Nc1nc(C[C@@H](C)c2ccccc2)nc(CS(N)(=O)=O)n1. The minimum atomic E-state index is -3.77. The lowest BCUT2D eigenvalue weighted by molar-refractivity contribution is 0.259. The molecule has 0 aliphatic carbocycles. The Hall–Kier alpha value is -2.10. The average molecular weight is 408 g/mol. The van der Waals surface area contributed by atoms with Gasteiger partial charge in [0.2, 0.25) is 16.0 Å². The number of aliphatic hydroxyl groups excluding tert-OH is 1. The molecule has 0 spiro atoms. The van der Waals surface area contributed by atoms with Gasteiger partial charge in [0.15, 0.2) is 5.82 Å². The van der Waals surface area contributed by atoms with Crippen LogP contribution in [-0.4, -0.2) is 41.1 Å². The Labute approximate surface area is 166 Å². The average Bonchev–Trinajstić information content (AvgIpc) is 2.59. The predicted molar refractivity (Wildman–Crippen MR) is 109 cm³/mol. The Morgan fingerprint density at radius 2 is 1.71 bits per heavy atom. The summed E-state index contributed by atoms with van der Waals surface area (Å²) < 4.78 is 23.0. The van der Waals surface area contributed by atoms with Gasteiger partial charge in [-0.2, -0.15) is 9.97 Å². The summed E-state index contributed by atoms with van der Waals surface area (Å²) >= 11 is 0. The molecule has 0 unspecified atom stereocenters. The van der Waals surface area contributed by atoms with Gasteiger partial charge in [0, 0.05) is 6.42 Å². The van der Waals surface area contributed by atoms with Gasteiger partial charge in [-0.3, -0.25) is 0 Å². The summed E-state index contributed by atoms with van der Waals surface area (Å²) in [5, 5.41) is 17.9. The minimum Gasteiger partial charge on any atom is -0.394 e. The normalized spacial score (nSPS) is 14.1. The molecule has 1 aromatic carbocycles. The number of benzene rings is 1. The molecule has 0 radical (unpaired) electrons. The van der Waals surface area contributed by atoms with Crippen LogP contribution in [0.1, 0.15) is 50.3 Å². The van der Waals surface area contributed by atoms with E-state index in [9.17, 15) is 13.5 Å². The molecular formula is C19H29N5O3S. The highest BCUT2D eigenvalue weighted by atomic mass is 32.2. The molecular weight excluding hydrogens is 378 g/mol. The van der Waals surface area contributed by atoms with E-state index in [0.29, 0.717) is 18.2 Å². The van der Waals surface area contributed by atoms with Crippen LogP contribution in [-0.2, 0) is 22.2 Å². The Morgan fingerprint density at radius 3 is 2.29 bits per heavy atom. The summed E-state index contributed by atoms with van der Waals surface area (Å²) in [5.41, 5.74) is 1.14. The molecule has 2 rings (SSSR count). The number of sulfonamides is 1. The second-order valence-corrected chi connectivity index (χ2v) is 9.08. The van der Waals surface area contributed by atoms with Gasteiger partial charge >= 0.3 is 0 Å². The Morgan fingerprint density at radius 1 is 1.07 bits per heavy atom. The van der Waals surface area contributed by atoms with Crippen molar-refractivity contribution in [2.75, 3.05) is 11.9 Å². The summed E-state index contributed by atoms with van der Waals surface area (Å²) in [6.07, 6.45) is 1.25. The highest BCUT2D eigenvalue weighted by Crippen LogP contribution is 2.19. The van der Waals surface area contributed by atoms with Crippen LogP contribution >= 0.6 is 0 Å². The molecule has 0 amide bonds. The number of nitrogens with one attached hydrogen (secondary N) is 1. The highest BCUT2D eigenvalue weighted by Gasteiger charge is 2.17. The van der Waals surface area contributed by atoms with Gasteiger partial charge in [0.1, 0.15) is 11.6 Å². The van der Waals surface area contributed by atoms with Gasteiger partial charge in [-0.1, -0.05) is 51.1 Å². The Bertz CT molecular complexity index is 859. The fourth-order valence-corrected chi connectivity index (χ4v) is 3.46. The molecule has 154 valence electrons. The molecule has 0 saturated heterocycles. The molecule has 8 nitrogen and oxygen atoms in total. The van der Waals surface area contributed by atoms with Crippen LogP contribution in [0.3, 0.4) is 0 Å². The first-order valence-corrected chi connectivity index (χ1v) is 11.0. The van der Waals surface area contributed by atoms with E-state index in [2.05, 4.69) is 41.0 Å². The molecule has 9 heteroatoms. The van der Waals surface area contributed by atoms with E-state index in [0.717, 1.165) is 12.0 Å². The summed E-state index contributed by atoms with van der Waals surface area (Å²) in [7, 11) is -3.77. The van der Waals surface area contributed by atoms with Crippen LogP contribution in [0, 0.1) is 5.92 Å². The lowest BCUT2D eigenvalue weighted by Gasteiger charge is -2.19. The van der Waals surface area contributed by atoms with Gasteiger partial charge in [0.05, 0.1) is 12.6 Å². The first kappa shape index (κ1) is 22.2. The largest absolute Gasteiger partial charge is 0.394 e. The highest BCUT2D eigenvalue weighted by molar-refractivity contribution is 7.88. The van der Waals surface area contributed by atoms with Crippen molar-refractivity contribution in [1.29, 1.82) is 0 Å². The van der Waals surface area contributed by atoms with E-state index in [1.807, 2.05) is 30.3 Å². The fourth-order valence-electron chi connectivity index (χ4n) is 2.97. The van der Waals surface area contributed by atoms with Crippen molar-refractivity contribution < 1.29 is 13.5 Å². The minimum absolute atomic E-state index is 0.0792. The maximum absolute atomic E-state index is 11.5. The summed E-state index contributed by atoms with van der Waals surface area (Å²) in [6, 6.07) is 9.72. The quantitative estimate of drug-likeness (QED) is 0.547. The van der Waals surface area contributed by atoms with E-state index in [4.69, 9.17) is 5.14 Å². The number of aliphatic hydroxyl groups is 1. The van der Waals surface area contributed by atoms with Crippen molar-refractivity contribution >= 4 is 16.0 Å². The maximum Gasteiger partial charge on any atom is 0.226 e. The number of nitrogens with two attached hydrogens (primary N) is 1. The van der Waals surface area contributed by atoms with Crippen LogP contribution in [0.4, 0.5) is 5.95 Å². The number of hydrogen-bond acceptors (Lipinski definition) is 7. The van der Waals surface area contributed by atoms with E-state index in [1.165, 1.54) is 0 Å². The third-order valence-corrected chi connectivity index (χ3v) is 4.89. The van der Waals surface area contributed by atoms with Gasteiger partial charge in [-0.25, -0.2) is 18.5 Å². The van der Waals surface area contributed by atoms with Crippen LogP contribution in [0.15, 0.2) is 30.3 Å². The van der Waals surface area contributed by atoms with Crippen molar-refractivity contribution in [3.63, 3.8) is 0 Å². The van der Waals surface area contributed by atoms with E-state index < -0.39 is 15.8 Å². The van der Waals surface area contributed by atoms with E-state index in [-0.39, 0.29) is 30.3 Å². The molecule has 0 aliphatic heterocycles. The zero-order chi connectivity index (χ0) is 20.7. The molecule has 4 N–H and O–H groups in total. The lowest BCUT2D eigenvalue weighted by atomic mass is 9.98. The van der Waals surface area contributed by atoms with Crippen molar-refractivity contribution in [2.45, 2.75) is 51.3 Å². The zero-order valence-electron chi connectivity index (χ0n) is 16.5. The van der Waals surface area contributed by atoms with Crippen molar-refractivity contribution in [3.8, 4) is 0 Å². The van der Waals surface area contributed by atoms with Gasteiger partial charge < -0.3 is 10.4 Å². The number of hydrogen-bond donors (Lipinski definition) is 3. The van der Waals surface area contributed by atoms with Crippen molar-refractivity contribution in [1.82, 2.24) is 15.0 Å². The Kier molecular flexibility index (Phi) is 7.85. The second-order valence-electron chi connectivity index (χ2n) is 7.47. The number of nitrogens with zero attached hydrogens (tertiary/aromatic N) is 3. The third kappa shape index (κ3) is 7.49. The summed E-state index contributed by atoms with van der Waals surface area (Å²) in [4.78, 5) is 12.9. The van der Waals surface area contributed by atoms with E-state index in [1.54, 1.807) is 0 Å². The van der Waals surface area contributed by atoms with Crippen LogP contribution in [0.2, 0.25) is 0 Å². The molecule has 2 atom stereocenters. The van der Waals surface area contributed by atoms with Gasteiger partial charge in [0.25, 0.3) is 0 Å². The topological polar surface area (TPSA) is 131 Å². The Balaban J connectivity index is 2.28. The molecule has 0 aliphatic rings. The summed E-state index contributed by atoms with van der Waals surface area (Å²) in [6.45, 7) is 6.08. The van der Waals surface area contributed by atoms with Gasteiger partial charge in [-0.15, -0.1) is 0 Å². The van der Waals surface area contributed by atoms with Gasteiger partial charge in [-0.05, 0) is 23.8 Å². The zero-order valence-corrected chi connectivity index (χ0v) is 17.4. The number of rotatable bonds is 10. The predicted octanol–water partition coefficient (Wildman–Crippen LogP) is 1.83. The standard InChI is InChI=1S/C19H29N5O3S/c1-13(2)9-16(11-25)21-19-23-17(22-18(24-19)12-28(20,26)27)10-14(3)15-7-5-4-6-8-15/h4-8,13-14,16,25H,9-12H2,1-3H3,(H2,20,26,27)(H,21,22,23,24)/t14-,16-/m1/s1. The molecule has 0 fully saturated rings. The molecule has 1 heterocycles. The maximum atomic E-state index is 11.5. The number of primary sulfonamides is 1. The van der Waals surface area contributed by atoms with Crippen molar-refractivity contribution in [2.24, 2.45) is 11.1 Å². The lowest BCUT2D eigenvalue weighted by Crippen LogP contribution is -2.28. The monoisotopic (exact) mass is 407 g/mol. The fraction of sp³-hybridized carbons (Fsp3) is 0.526. The van der Waals surface area contributed by atoms with E-state index >= 15 is 0 Å². The van der Waals surface area contributed by atoms with Crippen LogP contribution in [0.25, 0.3) is 0 Å². The molecule has 0 bridgehead atoms. The second kappa shape index (κ2) is 9.90. The van der Waals surface area contributed by atoms with Crippen LogP contribution < -0.4 is 10.5 Å². The number of anilines is 1.